The molecule has 0 radical (unpaired) electrons. The van der Waals surface area contributed by atoms with E-state index in [1.54, 1.807) is 26.2 Å². The molecule has 0 atom stereocenters. The Morgan fingerprint density at radius 3 is 2.41 bits per heavy atom. The number of amides is 1. The second-order valence-electron chi connectivity index (χ2n) is 8.04. The van der Waals surface area contributed by atoms with Crippen LogP contribution < -0.4 is 9.47 Å². The molecule has 0 spiro atoms. The quantitative estimate of drug-likeness (QED) is 0.464. The Morgan fingerprint density at radius 1 is 1.03 bits per heavy atom. The zero-order valence-corrected chi connectivity index (χ0v) is 19.4. The Bertz CT molecular complexity index is 1030. The third-order valence-electron chi connectivity index (χ3n) is 5.47. The molecule has 0 bridgehead atoms. The molecule has 0 aliphatic carbocycles. The van der Waals surface area contributed by atoms with Gasteiger partial charge in [-0.05, 0) is 35.6 Å². The van der Waals surface area contributed by atoms with Crippen molar-refractivity contribution in [1.29, 1.82) is 0 Å². The number of rotatable bonds is 10. The Kier molecular flexibility index (Phi) is 7.87. The van der Waals surface area contributed by atoms with Crippen LogP contribution in [0.25, 0.3) is 11.4 Å². The molecule has 0 saturated carbocycles. The van der Waals surface area contributed by atoms with Gasteiger partial charge in [-0.2, -0.15) is 4.98 Å². The van der Waals surface area contributed by atoms with Gasteiger partial charge in [-0.25, -0.2) is 0 Å². The van der Waals surface area contributed by atoms with Crippen molar-refractivity contribution in [1.82, 2.24) is 15.0 Å². The van der Waals surface area contributed by atoms with Gasteiger partial charge in [0.25, 0.3) is 0 Å². The fraction of sp³-hybridized carbons (Fsp3) is 0.400. The number of carbonyl (C=O) groups is 1. The summed E-state index contributed by atoms with van der Waals surface area (Å²) in [7, 11) is 5.03. The molecule has 170 valence electrons. The largest absolute Gasteiger partial charge is 0.493 e. The molecule has 7 heteroatoms. The van der Waals surface area contributed by atoms with Crippen LogP contribution in [0.3, 0.4) is 0 Å². The summed E-state index contributed by atoms with van der Waals surface area (Å²) in [6, 6.07) is 13.9. The number of aromatic nitrogens is 2. The summed E-state index contributed by atoms with van der Waals surface area (Å²) in [5.74, 6) is 2.89. The molecule has 3 rings (SSSR count). The van der Waals surface area contributed by atoms with Crippen molar-refractivity contribution in [3.63, 3.8) is 0 Å². The lowest BCUT2D eigenvalue weighted by molar-refractivity contribution is -0.129. The first-order valence-corrected chi connectivity index (χ1v) is 10.8. The fourth-order valence-corrected chi connectivity index (χ4v) is 3.35. The first-order valence-electron chi connectivity index (χ1n) is 10.8. The molecule has 0 aliphatic rings. The minimum Gasteiger partial charge on any atom is -0.493 e. The number of hydrogen-bond donors (Lipinski definition) is 0. The lowest BCUT2D eigenvalue weighted by atomic mass is 10.0. The summed E-state index contributed by atoms with van der Waals surface area (Å²) in [5, 5.41) is 4.06. The number of nitrogens with zero attached hydrogens (tertiary/aromatic N) is 3. The first kappa shape index (κ1) is 23.3. The molecular weight excluding hydrogens is 406 g/mol. The minimum atomic E-state index is 0.0338. The number of likely N-dealkylation sites (N-methyl/N-ethyl adjacent to an activating group) is 1. The van der Waals surface area contributed by atoms with E-state index in [2.05, 4.69) is 36.1 Å². The maximum absolute atomic E-state index is 12.5. The molecule has 32 heavy (non-hydrogen) atoms. The molecule has 0 N–H and O–H groups in total. The van der Waals surface area contributed by atoms with Crippen LogP contribution in [0.1, 0.15) is 43.2 Å². The number of methoxy groups -OCH3 is 2. The van der Waals surface area contributed by atoms with Crippen LogP contribution in [-0.4, -0.2) is 48.8 Å². The highest BCUT2D eigenvalue weighted by molar-refractivity contribution is 5.76. The molecule has 1 amide bonds. The standard InChI is InChI=1S/C25H31N3O4/c1-17(2)19-7-9-20(10-8-19)25-26-23(32-27-25)12-13-24(29)28(3)15-14-18-6-11-21(30-4)22(16-18)31-5/h6-11,16-17H,12-15H2,1-5H3. The van der Waals surface area contributed by atoms with Crippen molar-refractivity contribution < 1.29 is 18.8 Å². The van der Waals surface area contributed by atoms with E-state index in [0.717, 1.165) is 17.5 Å². The highest BCUT2D eigenvalue weighted by Gasteiger charge is 2.14. The van der Waals surface area contributed by atoms with Crippen molar-refractivity contribution in [2.45, 2.75) is 39.0 Å². The summed E-state index contributed by atoms with van der Waals surface area (Å²) in [6.07, 6.45) is 1.45. The summed E-state index contributed by atoms with van der Waals surface area (Å²) in [4.78, 5) is 18.7. The normalized spacial score (nSPS) is 10.9. The molecule has 0 fully saturated rings. The van der Waals surface area contributed by atoms with Gasteiger partial charge >= 0.3 is 0 Å². The van der Waals surface area contributed by atoms with Gasteiger partial charge in [0.15, 0.2) is 11.5 Å². The number of carbonyl (C=O) groups excluding carboxylic acids is 1. The van der Waals surface area contributed by atoms with Gasteiger partial charge in [-0.15, -0.1) is 0 Å². The topological polar surface area (TPSA) is 77.7 Å². The zero-order chi connectivity index (χ0) is 23.1. The van der Waals surface area contributed by atoms with E-state index in [1.807, 2.05) is 30.3 Å². The number of benzene rings is 2. The van der Waals surface area contributed by atoms with Gasteiger partial charge in [0, 0.05) is 32.0 Å². The summed E-state index contributed by atoms with van der Waals surface area (Å²) in [6.45, 7) is 4.91. The van der Waals surface area contributed by atoms with E-state index in [4.69, 9.17) is 14.0 Å². The maximum Gasteiger partial charge on any atom is 0.227 e. The van der Waals surface area contributed by atoms with E-state index in [0.29, 0.717) is 48.5 Å². The second kappa shape index (κ2) is 10.8. The van der Waals surface area contributed by atoms with Crippen molar-refractivity contribution in [3.05, 3.63) is 59.5 Å². The molecule has 2 aromatic carbocycles. The van der Waals surface area contributed by atoms with Crippen molar-refractivity contribution >= 4 is 5.91 Å². The fourth-order valence-electron chi connectivity index (χ4n) is 3.35. The minimum absolute atomic E-state index is 0.0338. The van der Waals surface area contributed by atoms with Gasteiger partial charge in [-0.1, -0.05) is 49.3 Å². The van der Waals surface area contributed by atoms with Crippen LogP contribution in [0.2, 0.25) is 0 Å². The van der Waals surface area contributed by atoms with Gasteiger partial charge in [-0.3, -0.25) is 4.79 Å². The smallest absolute Gasteiger partial charge is 0.227 e. The molecule has 3 aromatic rings. The van der Waals surface area contributed by atoms with Crippen LogP contribution in [0.4, 0.5) is 0 Å². The van der Waals surface area contributed by atoms with E-state index >= 15 is 0 Å². The Balaban J connectivity index is 1.50. The predicted molar refractivity (Wildman–Crippen MR) is 123 cm³/mol. The van der Waals surface area contributed by atoms with Crippen LogP contribution >= 0.6 is 0 Å². The van der Waals surface area contributed by atoms with E-state index in [-0.39, 0.29) is 5.91 Å². The van der Waals surface area contributed by atoms with Crippen molar-refractivity contribution in [3.8, 4) is 22.9 Å². The van der Waals surface area contributed by atoms with E-state index < -0.39 is 0 Å². The zero-order valence-electron chi connectivity index (χ0n) is 19.4. The predicted octanol–water partition coefficient (Wildman–Crippen LogP) is 4.51. The second-order valence-corrected chi connectivity index (χ2v) is 8.04. The van der Waals surface area contributed by atoms with Gasteiger partial charge < -0.3 is 18.9 Å². The summed E-state index contributed by atoms with van der Waals surface area (Å²) in [5.41, 5.74) is 3.24. The lowest BCUT2D eigenvalue weighted by Gasteiger charge is -2.17. The van der Waals surface area contributed by atoms with Crippen molar-refractivity contribution in [2.75, 3.05) is 27.8 Å². The first-order chi connectivity index (χ1) is 15.4. The summed E-state index contributed by atoms with van der Waals surface area (Å²) < 4.78 is 15.9. The van der Waals surface area contributed by atoms with Crippen LogP contribution in [0.15, 0.2) is 47.0 Å². The van der Waals surface area contributed by atoms with Gasteiger partial charge in [0.2, 0.25) is 17.6 Å². The number of hydrogen-bond acceptors (Lipinski definition) is 6. The van der Waals surface area contributed by atoms with E-state index in [9.17, 15) is 4.79 Å². The maximum atomic E-state index is 12.5. The molecule has 0 saturated heterocycles. The Hall–Kier alpha value is -3.35. The molecule has 7 nitrogen and oxygen atoms in total. The average molecular weight is 438 g/mol. The Morgan fingerprint density at radius 2 is 1.75 bits per heavy atom. The molecular formula is C25H31N3O4. The van der Waals surface area contributed by atoms with Crippen LogP contribution in [0, 0.1) is 0 Å². The van der Waals surface area contributed by atoms with Crippen LogP contribution in [-0.2, 0) is 17.6 Å². The summed E-state index contributed by atoms with van der Waals surface area (Å²) >= 11 is 0. The average Bonchev–Trinajstić information content (AvgIpc) is 3.29. The highest BCUT2D eigenvalue weighted by atomic mass is 16.5. The molecule has 0 aliphatic heterocycles. The monoisotopic (exact) mass is 437 g/mol. The molecule has 1 aromatic heterocycles. The van der Waals surface area contributed by atoms with E-state index in [1.165, 1.54) is 5.56 Å². The lowest BCUT2D eigenvalue weighted by Crippen LogP contribution is -2.29. The third-order valence-corrected chi connectivity index (χ3v) is 5.47. The molecule has 0 unspecified atom stereocenters. The van der Waals surface area contributed by atoms with Crippen LogP contribution in [0.5, 0.6) is 11.5 Å². The Labute approximate surface area is 189 Å². The molecule has 1 heterocycles. The third kappa shape index (κ3) is 5.87. The number of ether oxygens (including phenoxy) is 2. The number of aryl methyl sites for hydroxylation is 1. The SMILES string of the molecule is COc1ccc(CCN(C)C(=O)CCc2nc(-c3ccc(C(C)C)cc3)no2)cc1OC. The van der Waals surface area contributed by atoms with Crippen molar-refractivity contribution in [2.24, 2.45) is 0 Å². The highest BCUT2D eigenvalue weighted by Crippen LogP contribution is 2.27. The van der Waals surface area contributed by atoms with Gasteiger partial charge in [0.1, 0.15) is 0 Å². The van der Waals surface area contributed by atoms with Gasteiger partial charge in [0.05, 0.1) is 14.2 Å².